The van der Waals surface area contributed by atoms with E-state index < -0.39 is 0 Å². The van der Waals surface area contributed by atoms with Crippen molar-refractivity contribution in [3.8, 4) is 0 Å². The molecule has 4 heteroatoms. The lowest BCUT2D eigenvalue weighted by atomic mass is 9.75. The number of nitrogens with two attached hydrogens (primary N) is 1. The second kappa shape index (κ2) is 6.36. The second-order valence-electron chi connectivity index (χ2n) is 5.62. The molecule has 0 atom stereocenters. The topological polar surface area (TPSA) is 55.6 Å². The number of methoxy groups -OCH3 is 1. The predicted molar refractivity (Wildman–Crippen MR) is 68.7 cm³/mol. The maximum Gasteiger partial charge on any atom is 0.224 e. The number of nitrogens with zero attached hydrogens (tertiary/aromatic N) is 1. The fourth-order valence-corrected chi connectivity index (χ4v) is 2.18. The van der Waals surface area contributed by atoms with E-state index >= 15 is 0 Å². The van der Waals surface area contributed by atoms with E-state index in [1.807, 2.05) is 4.90 Å². The van der Waals surface area contributed by atoms with Gasteiger partial charge in [-0.1, -0.05) is 13.8 Å². The first kappa shape index (κ1) is 14.5. The summed E-state index contributed by atoms with van der Waals surface area (Å²) in [5.41, 5.74) is 5.90. The van der Waals surface area contributed by atoms with E-state index in [1.165, 1.54) is 0 Å². The molecule has 1 saturated carbocycles. The van der Waals surface area contributed by atoms with Crippen molar-refractivity contribution in [2.45, 2.75) is 45.1 Å². The highest BCUT2D eigenvalue weighted by atomic mass is 16.5. The Balaban J connectivity index is 2.46. The van der Waals surface area contributed by atoms with Gasteiger partial charge >= 0.3 is 0 Å². The van der Waals surface area contributed by atoms with Crippen LogP contribution in [0.2, 0.25) is 0 Å². The van der Waals surface area contributed by atoms with Crippen molar-refractivity contribution in [3.05, 3.63) is 0 Å². The summed E-state index contributed by atoms with van der Waals surface area (Å²) >= 11 is 0. The average Bonchev–Trinajstić information content (AvgIpc) is 2.21. The minimum atomic E-state index is -0.223. The summed E-state index contributed by atoms with van der Waals surface area (Å²) in [5.74, 6) is 0.656. The molecular weight excluding hydrogens is 216 g/mol. The van der Waals surface area contributed by atoms with Crippen molar-refractivity contribution >= 4 is 5.91 Å². The van der Waals surface area contributed by atoms with Crippen molar-refractivity contribution in [2.24, 2.45) is 11.7 Å². The summed E-state index contributed by atoms with van der Waals surface area (Å²) in [5, 5.41) is 0. The van der Waals surface area contributed by atoms with Gasteiger partial charge in [0.2, 0.25) is 5.91 Å². The van der Waals surface area contributed by atoms with E-state index in [0.717, 1.165) is 25.8 Å². The molecule has 100 valence electrons. The predicted octanol–water partition coefficient (Wildman–Crippen LogP) is 1.39. The Morgan fingerprint density at radius 3 is 2.53 bits per heavy atom. The van der Waals surface area contributed by atoms with Gasteiger partial charge in [-0.2, -0.15) is 0 Å². The molecule has 4 nitrogen and oxygen atoms in total. The quantitative estimate of drug-likeness (QED) is 0.734. The standard InChI is InChI=1S/C13H26N2O2/c1-11(2)10-15(7-8-17-3)12(16)9-13(14)5-4-6-13/h11H,4-10,14H2,1-3H3. The third-order valence-electron chi connectivity index (χ3n) is 3.36. The number of carbonyl (C=O) groups is 1. The Morgan fingerprint density at radius 2 is 2.12 bits per heavy atom. The number of carbonyl (C=O) groups excluding carboxylic acids is 1. The molecule has 1 aliphatic rings. The first-order valence-electron chi connectivity index (χ1n) is 6.52. The number of amides is 1. The van der Waals surface area contributed by atoms with Gasteiger partial charge in [0, 0.05) is 32.2 Å². The largest absolute Gasteiger partial charge is 0.383 e. The van der Waals surface area contributed by atoms with Crippen molar-refractivity contribution in [1.82, 2.24) is 4.90 Å². The first-order valence-corrected chi connectivity index (χ1v) is 6.52. The van der Waals surface area contributed by atoms with E-state index in [9.17, 15) is 4.79 Å². The van der Waals surface area contributed by atoms with Crippen LogP contribution in [0.1, 0.15) is 39.5 Å². The summed E-state index contributed by atoms with van der Waals surface area (Å²) in [7, 11) is 1.66. The van der Waals surface area contributed by atoms with Gasteiger partial charge in [0.15, 0.2) is 0 Å². The van der Waals surface area contributed by atoms with Crippen LogP contribution in [0.15, 0.2) is 0 Å². The highest BCUT2D eigenvalue weighted by Crippen LogP contribution is 2.32. The summed E-state index contributed by atoms with van der Waals surface area (Å²) in [4.78, 5) is 14.1. The van der Waals surface area contributed by atoms with Gasteiger partial charge in [0.25, 0.3) is 0 Å². The first-order chi connectivity index (χ1) is 7.97. The Kier molecular flexibility index (Phi) is 5.40. The molecule has 0 aliphatic heterocycles. The number of hydrogen-bond acceptors (Lipinski definition) is 3. The molecule has 0 bridgehead atoms. The van der Waals surface area contributed by atoms with Crippen LogP contribution in [0, 0.1) is 5.92 Å². The Hall–Kier alpha value is -0.610. The minimum Gasteiger partial charge on any atom is -0.383 e. The monoisotopic (exact) mass is 242 g/mol. The van der Waals surface area contributed by atoms with Crippen LogP contribution >= 0.6 is 0 Å². The Morgan fingerprint density at radius 1 is 1.47 bits per heavy atom. The van der Waals surface area contributed by atoms with Gasteiger partial charge in [-0.15, -0.1) is 0 Å². The molecule has 1 aliphatic carbocycles. The molecule has 0 spiro atoms. The summed E-state index contributed by atoms with van der Waals surface area (Å²) in [6.45, 7) is 6.29. The fourth-order valence-electron chi connectivity index (χ4n) is 2.18. The molecule has 1 fully saturated rings. The average molecular weight is 242 g/mol. The maximum absolute atomic E-state index is 12.2. The van der Waals surface area contributed by atoms with Gasteiger partial charge in [0.05, 0.1) is 6.61 Å². The maximum atomic E-state index is 12.2. The molecule has 2 N–H and O–H groups in total. The smallest absolute Gasteiger partial charge is 0.224 e. The van der Waals surface area contributed by atoms with Crippen LogP contribution in [-0.4, -0.2) is 43.2 Å². The zero-order valence-electron chi connectivity index (χ0n) is 11.4. The molecule has 0 heterocycles. The van der Waals surface area contributed by atoms with Crippen LogP contribution in [0.5, 0.6) is 0 Å². The van der Waals surface area contributed by atoms with Gasteiger partial charge in [0.1, 0.15) is 0 Å². The third kappa shape index (κ3) is 4.64. The van der Waals surface area contributed by atoms with Crippen molar-refractivity contribution < 1.29 is 9.53 Å². The van der Waals surface area contributed by atoms with Crippen molar-refractivity contribution in [2.75, 3.05) is 26.8 Å². The van der Waals surface area contributed by atoms with Crippen molar-refractivity contribution in [1.29, 1.82) is 0 Å². The number of hydrogen-bond donors (Lipinski definition) is 1. The molecule has 0 saturated heterocycles. The van der Waals surface area contributed by atoms with Gasteiger partial charge in [-0.25, -0.2) is 0 Å². The molecule has 0 radical (unpaired) electrons. The van der Waals surface area contributed by atoms with Crippen LogP contribution in [0.25, 0.3) is 0 Å². The zero-order valence-corrected chi connectivity index (χ0v) is 11.4. The van der Waals surface area contributed by atoms with E-state index in [2.05, 4.69) is 13.8 Å². The van der Waals surface area contributed by atoms with Crippen molar-refractivity contribution in [3.63, 3.8) is 0 Å². The van der Waals surface area contributed by atoms with Gasteiger partial charge in [-0.05, 0) is 25.2 Å². The van der Waals surface area contributed by atoms with Crippen LogP contribution in [0.3, 0.4) is 0 Å². The molecule has 0 aromatic carbocycles. The number of ether oxygens (including phenoxy) is 1. The summed E-state index contributed by atoms with van der Waals surface area (Å²) < 4.78 is 5.05. The van der Waals surface area contributed by atoms with E-state index in [4.69, 9.17) is 10.5 Å². The normalized spacial score (nSPS) is 17.9. The van der Waals surface area contributed by atoms with Gasteiger partial charge in [-0.3, -0.25) is 4.79 Å². The van der Waals surface area contributed by atoms with Gasteiger partial charge < -0.3 is 15.4 Å². The Bertz CT molecular complexity index is 250. The fraction of sp³-hybridized carbons (Fsp3) is 0.923. The second-order valence-corrected chi connectivity index (χ2v) is 5.62. The molecule has 0 aromatic heterocycles. The van der Waals surface area contributed by atoms with E-state index in [0.29, 0.717) is 25.5 Å². The molecule has 1 rings (SSSR count). The zero-order chi connectivity index (χ0) is 12.9. The lowest BCUT2D eigenvalue weighted by molar-refractivity contribution is -0.134. The minimum absolute atomic E-state index is 0.179. The van der Waals surface area contributed by atoms with Crippen LogP contribution < -0.4 is 5.73 Å². The lowest BCUT2D eigenvalue weighted by Crippen LogP contribution is -2.51. The number of rotatable bonds is 7. The van der Waals surface area contributed by atoms with E-state index in [1.54, 1.807) is 7.11 Å². The third-order valence-corrected chi connectivity index (χ3v) is 3.36. The highest BCUT2D eigenvalue weighted by Gasteiger charge is 2.35. The molecule has 1 amide bonds. The molecule has 0 aromatic rings. The highest BCUT2D eigenvalue weighted by molar-refractivity contribution is 5.77. The SMILES string of the molecule is COCCN(CC(C)C)C(=O)CC1(N)CCC1. The Labute approximate surface area is 104 Å². The summed E-state index contributed by atoms with van der Waals surface area (Å²) in [6, 6.07) is 0. The van der Waals surface area contributed by atoms with Crippen LogP contribution in [0.4, 0.5) is 0 Å². The molecular formula is C13H26N2O2. The van der Waals surface area contributed by atoms with Crippen LogP contribution in [-0.2, 0) is 9.53 Å². The molecule has 17 heavy (non-hydrogen) atoms. The molecule has 0 unspecified atom stereocenters. The summed E-state index contributed by atoms with van der Waals surface area (Å²) in [6.07, 6.45) is 3.62. The lowest BCUT2D eigenvalue weighted by Gasteiger charge is -2.39. The van der Waals surface area contributed by atoms with E-state index in [-0.39, 0.29) is 11.4 Å².